The summed E-state index contributed by atoms with van der Waals surface area (Å²) >= 11 is 0. The molecule has 2 atom stereocenters. The van der Waals surface area contributed by atoms with Gasteiger partial charge in [-0.2, -0.15) is 20.4 Å². The molecule has 0 radical (unpaired) electrons. The third kappa shape index (κ3) is 9.55. The van der Waals surface area contributed by atoms with E-state index in [-0.39, 0.29) is 0 Å². The van der Waals surface area contributed by atoms with Crippen LogP contribution in [0.5, 0.6) is 11.8 Å². The van der Waals surface area contributed by atoms with E-state index in [4.69, 9.17) is 39.3 Å². The molecule has 0 unspecified atom stereocenters. The van der Waals surface area contributed by atoms with Crippen molar-refractivity contribution in [3.63, 3.8) is 0 Å². The molecule has 10 rings (SSSR count). The fraction of sp³-hybridized carbons (Fsp3) is 0.560. The van der Waals surface area contributed by atoms with E-state index in [1.165, 1.54) is 48.2 Å². The zero-order chi connectivity index (χ0) is 45.9. The first-order valence-corrected chi connectivity index (χ1v) is 23.9. The van der Waals surface area contributed by atoms with Crippen LogP contribution in [0.4, 0.5) is 0 Å². The van der Waals surface area contributed by atoms with Crippen molar-refractivity contribution in [2.45, 2.75) is 91.1 Å². The molecule has 2 fully saturated rings. The SMILES string of the molecule is COc1ncc(-n2nc(-c3cnn([C@@H](C)C4CCN(C)CC4)c3)c3c2CCOCC3)cc1C.COc1ncc(-n2nc(-c3cnn([C@H](C)C4CCN(C)CC4)c3)c3c2CCOCC3)cc1C. The average molecular weight is 901 g/mol. The first-order valence-electron chi connectivity index (χ1n) is 23.9. The first-order chi connectivity index (χ1) is 32.1. The number of hydrogen-bond donors (Lipinski definition) is 0. The third-order valence-corrected chi connectivity index (χ3v) is 14.5. The van der Waals surface area contributed by atoms with Crippen molar-refractivity contribution in [1.82, 2.24) is 58.9 Å². The molecule has 2 saturated heterocycles. The van der Waals surface area contributed by atoms with Crippen LogP contribution in [0.2, 0.25) is 0 Å². The molecule has 0 aromatic carbocycles. The minimum atomic E-state index is 0.380. The van der Waals surface area contributed by atoms with E-state index in [0.29, 0.717) is 62.1 Å². The van der Waals surface area contributed by atoms with Crippen LogP contribution in [-0.4, -0.2) is 140 Å². The number of ether oxygens (including phenoxy) is 4. The molecule has 0 bridgehead atoms. The maximum atomic E-state index is 5.81. The van der Waals surface area contributed by atoms with Gasteiger partial charge in [-0.05, 0) is 130 Å². The molecule has 6 aromatic rings. The van der Waals surface area contributed by atoms with E-state index in [1.54, 1.807) is 14.2 Å². The van der Waals surface area contributed by atoms with Crippen LogP contribution >= 0.6 is 0 Å². The Morgan fingerprint density at radius 3 is 1.35 bits per heavy atom. The first kappa shape index (κ1) is 45.7. The summed E-state index contributed by atoms with van der Waals surface area (Å²) in [6, 6.07) is 4.93. The van der Waals surface area contributed by atoms with Gasteiger partial charge in [0.25, 0.3) is 0 Å². The fourth-order valence-electron chi connectivity index (χ4n) is 10.4. The van der Waals surface area contributed by atoms with Crippen LogP contribution in [0, 0.1) is 25.7 Å². The van der Waals surface area contributed by atoms with Crippen molar-refractivity contribution in [3.8, 4) is 45.6 Å². The summed E-state index contributed by atoms with van der Waals surface area (Å²) in [5.74, 6) is 2.60. The number of pyridine rings is 2. The Kier molecular flexibility index (Phi) is 14.0. The normalized spacial score (nSPS) is 18.7. The van der Waals surface area contributed by atoms with E-state index >= 15 is 0 Å². The molecular weight excluding hydrogens is 833 g/mol. The van der Waals surface area contributed by atoms with Crippen LogP contribution in [0.25, 0.3) is 33.9 Å². The van der Waals surface area contributed by atoms with E-state index in [0.717, 1.165) is 96.9 Å². The zero-order valence-electron chi connectivity index (χ0n) is 40.2. The number of methoxy groups -OCH3 is 2. The Balaban J connectivity index is 0.000000166. The second-order valence-corrected chi connectivity index (χ2v) is 18.8. The van der Waals surface area contributed by atoms with Gasteiger partial charge in [-0.15, -0.1) is 0 Å². The Morgan fingerprint density at radius 1 is 0.576 bits per heavy atom. The fourth-order valence-corrected chi connectivity index (χ4v) is 10.4. The van der Waals surface area contributed by atoms with Crippen molar-refractivity contribution < 1.29 is 18.9 Å². The van der Waals surface area contributed by atoms with Crippen molar-refractivity contribution in [1.29, 1.82) is 0 Å². The lowest BCUT2D eigenvalue weighted by Gasteiger charge is -2.32. The van der Waals surface area contributed by atoms with Gasteiger partial charge >= 0.3 is 0 Å². The highest BCUT2D eigenvalue weighted by atomic mass is 16.5. The molecule has 10 heterocycles. The van der Waals surface area contributed by atoms with Crippen molar-refractivity contribution >= 4 is 0 Å². The summed E-state index contributed by atoms with van der Waals surface area (Å²) in [6.45, 7) is 16.1. The lowest BCUT2D eigenvalue weighted by atomic mass is 9.90. The van der Waals surface area contributed by atoms with Gasteiger partial charge in [0.05, 0.1) is 112 Å². The summed E-state index contributed by atoms with van der Waals surface area (Å²) in [4.78, 5) is 13.8. The molecule has 352 valence electrons. The van der Waals surface area contributed by atoms with Gasteiger partial charge in [0.15, 0.2) is 0 Å². The molecule has 16 nitrogen and oxygen atoms in total. The second kappa shape index (κ2) is 20.2. The number of fused-ring (bicyclic) bond motifs is 2. The Morgan fingerprint density at radius 2 is 0.970 bits per heavy atom. The Labute approximate surface area is 389 Å². The summed E-state index contributed by atoms with van der Waals surface area (Å²) < 4.78 is 30.7. The molecule has 0 N–H and O–H groups in total. The average Bonchev–Trinajstić information content (AvgIpc) is 4.09. The predicted octanol–water partition coefficient (Wildman–Crippen LogP) is 6.93. The zero-order valence-corrected chi connectivity index (χ0v) is 40.2. The maximum absolute atomic E-state index is 5.81. The van der Waals surface area contributed by atoms with E-state index in [2.05, 4.69) is 81.6 Å². The van der Waals surface area contributed by atoms with E-state index in [9.17, 15) is 0 Å². The molecular formula is C50H68N12O4. The van der Waals surface area contributed by atoms with Crippen molar-refractivity contribution in [2.75, 3.05) is 80.9 Å². The summed E-state index contributed by atoms with van der Waals surface area (Å²) in [6.07, 6.45) is 20.2. The highest BCUT2D eigenvalue weighted by Crippen LogP contribution is 2.35. The number of aromatic nitrogens is 10. The van der Waals surface area contributed by atoms with Crippen LogP contribution in [-0.2, 0) is 35.2 Å². The van der Waals surface area contributed by atoms with Crippen LogP contribution in [0.15, 0.2) is 49.3 Å². The summed E-state index contributed by atoms with van der Waals surface area (Å²) in [5, 5.41) is 19.7. The molecule has 0 spiro atoms. The lowest BCUT2D eigenvalue weighted by Crippen LogP contribution is -2.33. The van der Waals surface area contributed by atoms with E-state index in [1.807, 2.05) is 48.0 Å². The lowest BCUT2D eigenvalue weighted by molar-refractivity contribution is 0.145. The van der Waals surface area contributed by atoms with Crippen molar-refractivity contribution in [2.24, 2.45) is 11.8 Å². The van der Waals surface area contributed by atoms with Crippen LogP contribution in [0.1, 0.15) is 85.3 Å². The molecule has 4 aliphatic rings. The van der Waals surface area contributed by atoms with Gasteiger partial charge < -0.3 is 28.7 Å². The van der Waals surface area contributed by atoms with Gasteiger partial charge in [0.2, 0.25) is 11.8 Å². The molecule has 66 heavy (non-hydrogen) atoms. The number of aryl methyl sites for hydroxylation is 2. The molecule has 6 aromatic heterocycles. The third-order valence-electron chi connectivity index (χ3n) is 14.5. The number of likely N-dealkylation sites (tertiary alicyclic amines) is 2. The predicted molar refractivity (Wildman–Crippen MR) is 254 cm³/mol. The second-order valence-electron chi connectivity index (χ2n) is 18.8. The quantitative estimate of drug-likeness (QED) is 0.141. The van der Waals surface area contributed by atoms with Gasteiger partial charge in [-0.25, -0.2) is 19.3 Å². The number of rotatable bonds is 10. The molecule has 4 aliphatic heterocycles. The minimum Gasteiger partial charge on any atom is -0.481 e. The van der Waals surface area contributed by atoms with Crippen LogP contribution < -0.4 is 9.47 Å². The topological polar surface area (TPSA) is 140 Å². The highest BCUT2D eigenvalue weighted by molar-refractivity contribution is 5.65. The molecule has 0 aliphatic carbocycles. The maximum Gasteiger partial charge on any atom is 0.216 e. The summed E-state index contributed by atoms with van der Waals surface area (Å²) in [5.41, 5.74) is 13.0. The number of nitrogens with zero attached hydrogens (tertiary/aromatic N) is 12. The number of piperidine rings is 2. The molecule has 0 saturated carbocycles. The van der Waals surface area contributed by atoms with Crippen LogP contribution in [0.3, 0.4) is 0 Å². The van der Waals surface area contributed by atoms with Crippen molar-refractivity contribution in [3.05, 3.63) is 83.0 Å². The van der Waals surface area contributed by atoms with Gasteiger partial charge in [-0.1, -0.05) is 0 Å². The monoisotopic (exact) mass is 901 g/mol. The number of hydrogen-bond acceptors (Lipinski definition) is 12. The standard InChI is InChI=1S/2C25H34N6O2/c2*1-17-13-21(15-26-25(17)32-4)31-23-8-12-33-11-7-22(23)24(28-31)20-14-27-30(16-20)18(2)19-5-9-29(3)10-6-19/h2*13-16,18-19H,5-12H2,1-4H3/t2*18-/m10/s1. The van der Waals surface area contributed by atoms with Gasteiger partial charge in [0.1, 0.15) is 0 Å². The van der Waals surface area contributed by atoms with E-state index < -0.39 is 0 Å². The largest absolute Gasteiger partial charge is 0.481 e. The highest BCUT2D eigenvalue weighted by Gasteiger charge is 2.29. The smallest absolute Gasteiger partial charge is 0.216 e. The molecule has 0 amide bonds. The summed E-state index contributed by atoms with van der Waals surface area (Å²) in [7, 11) is 7.71. The minimum absolute atomic E-state index is 0.380. The Hall–Kier alpha value is -5.42. The molecule has 16 heteroatoms. The van der Waals surface area contributed by atoms with Gasteiger partial charge in [-0.3, -0.25) is 9.36 Å². The Bertz CT molecular complexity index is 2400. The van der Waals surface area contributed by atoms with Gasteiger partial charge in [0, 0.05) is 58.6 Å².